The molecule has 0 bridgehead atoms. The maximum absolute atomic E-state index is 12.9. The molecule has 1 aliphatic rings. The molecule has 168 valence electrons. The van der Waals surface area contributed by atoms with Crippen molar-refractivity contribution >= 4 is 23.1 Å². The highest BCUT2D eigenvalue weighted by Gasteiger charge is 2.26. The normalized spacial score (nSPS) is 16.6. The number of likely N-dealkylation sites (tertiary alicyclic amines) is 1. The van der Waals surface area contributed by atoms with Gasteiger partial charge in [0.1, 0.15) is 28.5 Å². The van der Waals surface area contributed by atoms with Crippen molar-refractivity contribution in [3.8, 4) is 5.75 Å². The Morgan fingerprint density at radius 3 is 2.84 bits per heavy atom. The van der Waals surface area contributed by atoms with Gasteiger partial charge in [-0.25, -0.2) is 18.7 Å². The second-order valence-corrected chi connectivity index (χ2v) is 7.62. The highest BCUT2D eigenvalue weighted by molar-refractivity contribution is 6.03. The number of piperidine rings is 1. The summed E-state index contributed by atoms with van der Waals surface area (Å²) in [7, 11) is 1.79. The van der Waals surface area contributed by atoms with E-state index in [1.165, 1.54) is 18.2 Å². The number of nitrogens with one attached hydrogen (secondary N) is 1. The summed E-state index contributed by atoms with van der Waals surface area (Å²) in [5.41, 5.74) is 1.18. The number of hydrogen-bond acceptors (Lipinski definition) is 5. The molecule has 1 N–H and O–H groups in total. The predicted octanol–water partition coefficient (Wildman–Crippen LogP) is 3.65. The third-order valence-corrected chi connectivity index (χ3v) is 5.43. The maximum atomic E-state index is 12.9. The molecular formula is C22H23F2N5O3. The average Bonchev–Trinajstić information content (AvgIpc) is 3.19. The minimum atomic E-state index is -2.77. The van der Waals surface area contributed by atoms with Crippen molar-refractivity contribution in [2.45, 2.75) is 32.1 Å². The SMILES string of the molecule is CCOc1cc2nc(C3CCN(C)C(=O)C3)cn2cc1NC(=O)c1cccc(C(F)F)n1. The molecule has 8 nitrogen and oxygen atoms in total. The topological polar surface area (TPSA) is 88.8 Å². The zero-order chi connectivity index (χ0) is 22.8. The molecule has 3 aromatic rings. The zero-order valence-electron chi connectivity index (χ0n) is 17.7. The molecule has 32 heavy (non-hydrogen) atoms. The number of imidazole rings is 1. The van der Waals surface area contributed by atoms with Crippen LogP contribution in [0.5, 0.6) is 5.75 Å². The third kappa shape index (κ3) is 4.39. The van der Waals surface area contributed by atoms with Gasteiger partial charge >= 0.3 is 0 Å². The van der Waals surface area contributed by atoms with Gasteiger partial charge in [0.15, 0.2) is 0 Å². The summed E-state index contributed by atoms with van der Waals surface area (Å²) >= 11 is 0. The number of aromatic nitrogens is 3. The molecule has 0 radical (unpaired) electrons. The molecule has 0 saturated carbocycles. The molecule has 3 aromatic heterocycles. The second kappa shape index (κ2) is 8.89. The van der Waals surface area contributed by atoms with Crippen LogP contribution in [-0.2, 0) is 4.79 Å². The van der Waals surface area contributed by atoms with Crippen molar-refractivity contribution < 1.29 is 23.1 Å². The number of carbonyl (C=O) groups excluding carboxylic acids is 2. The summed E-state index contributed by atoms with van der Waals surface area (Å²) in [5, 5.41) is 2.69. The van der Waals surface area contributed by atoms with Crippen LogP contribution in [0.2, 0.25) is 0 Å². The van der Waals surface area contributed by atoms with Crippen LogP contribution < -0.4 is 10.1 Å². The lowest BCUT2D eigenvalue weighted by atomic mass is 9.94. The fourth-order valence-corrected chi connectivity index (χ4v) is 3.68. The minimum absolute atomic E-state index is 0.0217. The summed E-state index contributed by atoms with van der Waals surface area (Å²) in [6.07, 6.45) is 1.94. The molecule has 1 saturated heterocycles. The van der Waals surface area contributed by atoms with Crippen molar-refractivity contribution in [3.63, 3.8) is 0 Å². The van der Waals surface area contributed by atoms with Crippen molar-refractivity contribution in [3.05, 3.63) is 53.7 Å². The first-order valence-electron chi connectivity index (χ1n) is 10.3. The number of ether oxygens (including phenoxy) is 1. The van der Waals surface area contributed by atoms with Gasteiger partial charge in [0.25, 0.3) is 12.3 Å². The summed E-state index contributed by atoms with van der Waals surface area (Å²) in [5.74, 6) is -0.128. The number of hydrogen-bond donors (Lipinski definition) is 1. The van der Waals surface area contributed by atoms with Gasteiger partial charge in [-0.1, -0.05) is 6.07 Å². The first kappa shape index (κ1) is 21.7. The number of rotatable bonds is 6. The summed E-state index contributed by atoms with van der Waals surface area (Å²) in [6, 6.07) is 5.59. The Labute approximate surface area is 183 Å². The molecule has 1 fully saturated rings. The Morgan fingerprint density at radius 2 is 2.12 bits per heavy atom. The Bertz CT molecular complexity index is 1160. The average molecular weight is 443 g/mol. The van der Waals surface area contributed by atoms with Gasteiger partial charge in [0.2, 0.25) is 5.91 Å². The molecule has 2 amide bonds. The van der Waals surface area contributed by atoms with Crippen LogP contribution in [0.25, 0.3) is 5.65 Å². The molecule has 0 spiro atoms. The van der Waals surface area contributed by atoms with Gasteiger partial charge in [0, 0.05) is 44.4 Å². The number of halogens is 2. The van der Waals surface area contributed by atoms with Gasteiger partial charge in [-0.3, -0.25) is 9.59 Å². The van der Waals surface area contributed by atoms with Crippen LogP contribution in [0, 0.1) is 0 Å². The third-order valence-electron chi connectivity index (χ3n) is 5.43. The van der Waals surface area contributed by atoms with E-state index in [1.54, 1.807) is 28.6 Å². The molecule has 0 aliphatic carbocycles. The van der Waals surface area contributed by atoms with Gasteiger partial charge in [-0.15, -0.1) is 0 Å². The number of amides is 2. The number of pyridine rings is 2. The van der Waals surface area contributed by atoms with Crippen LogP contribution in [0.1, 0.15) is 54.0 Å². The molecule has 1 aliphatic heterocycles. The van der Waals surface area contributed by atoms with E-state index in [-0.39, 0.29) is 17.5 Å². The predicted molar refractivity (Wildman–Crippen MR) is 113 cm³/mol. The Morgan fingerprint density at radius 1 is 1.31 bits per heavy atom. The lowest BCUT2D eigenvalue weighted by Gasteiger charge is -2.27. The van der Waals surface area contributed by atoms with Gasteiger partial charge < -0.3 is 19.4 Å². The molecule has 4 heterocycles. The number of fused-ring (bicyclic) bond motifs is 1. The van der Waals surface area contributed by atoms with E-state index in [0.29, 0.717) is 36.7 Å². The molecule has 1 atom stereocenters. The highest BCUT2D eigenvalue weighted by atomic mass is 19.3. The zero-order valence-corrected chi connectivity index (χ0v) is 17.7. The molecule has 1 unspecified atom stereocenters. The van der Waals surface area contributed by atoms with Crippen LogP contribution in [0.4, 0.5) is 14.5 Å². The Kier molecular flexibility index (Phi) is 6.02. The van der Waals surface area contributed by atoms with E-state index in [9.17, 15) is 18.4 Å². The van der Waals surface area contributed by atoms with Crippen molar-refractivity contribution in [1.82, 2.24) is 19.3 Å². The minimum Gasteiger partial charge on any atom is -0.491 e. The van der Waals surface area contributed by atoms with E-state index in [0.717, 1.165) is 12.1 Å². The molecule has 0 aromatic carbocycles. The number of anilines is 1. The van der Waals surface area contributed by atoms with Crippen molar-refractivity contribution in [1.29, 1.82) is 0 Å². The van der Waals surface area contributed by atoms with Gasteiger partial charge in [0.05, 0.1) is 12.3 Å². The first-order chi connectivity index (χ1) is 15.4. The Balaban J connectivity index is 1.63. The van der Waals surface area contributed by atoms with Crippen LogP contribution in [0.15, 0.2) is 36.7 Å². The molecular weight excluding hydrogens is 420 g/mol. The van der Waals surface area contributed by atoms with Gasteiger partial charge in [-0.05, 0) is 25.5 Å². The van der Waals surface area contributed by atoms with Crippen LogP contribution >= 0.6 is 0 Å². The number of carbonyl (C=O) groups is 2. The lowest BCUT2D eigenvalue weighted by Crippen LogP contribution is -2.34. The van der Waals surface area contributed by atoms with Crippen molar-refractivity contribution in [2.75, 3.05) is 25.5 Å². The smallest absolute Gasteiger partial charge is 0.280 e. The fraction of sp³-hybridized carbons (Fsp3) is 0.364. The monoisotopic (exact) mass is 443 g/mol. The van der Waals surface area contributed by atoms with E-state index in [2.05, 4.69) is 15.3 Å². The van der Waals surface area contributed by atoms with E-state index < -0.39 is 18.0 Å². The molecule has 4 rings (SSSR count). The standard InChI is InChI=1S/C22H23F2N5O3/c1-3-32-18-10-19-26-16(13-7-8-28(2)20(30)9-13)11-29(19)12-17(18)27-22(31)15-6-4-5-14(25-15)21(23)24/h4-6,10-13,21H,3,7-9H2,1-2H3,(H,27,31). The van der Waals surface area contributed by atoms with Crippen LogP contribution in [0.3, 0.4) is 0 Å². The van der Waals surface area contributed by atoms with E-state index in [4.69, 9.17) is 4.74 Å². The van der Waals surface area contributed by atoms with Gasteiger partial charge in [-0.2, -0.15) is 0 Å². The summed E-state index contributed by atoms with van der Waals surface area (Å²) in [6.45, 7) is 2.84. The van der Waals surface area contributed by atoms with Crippen LogP contribution in [-0.4, -0.2) is 51.3 Å². The Hall–Kier alpha value is -3.56. The maximum Gasteiger partial charge on any atom is 0.280 e. The number of nitrogens with zero attached hydrogens (tertiary/aromatic N) is 4. The van der Waals surface area contributed by atoms with E-state index in [1.807, 2.05) is 13.1 Å². The first-order valence-corrected chi connectivity index (χ1v) is 10.3. The van der Waals surface area contributed by atoms with Crippen molar-refractivity contribution in [2.24, 2.45) is 0 Å². The second-order valence-electron chi connectivity index (χ2n) is 7.62. The number of alkyl halides is 2. The summed E-state index contributed by atoms with van der Waals surface area (Å²) in [4.78, 5) is 34.8. The summed E-state index contributed by atoms with van der Waals surface area (Å²) < 4.78 is 33.3. The fourth-order valence-electron chi connectivity index (χ4n) is 3.68. The molecule has 10 heteroatoms. The van der Waals surface area contributed by atoms with E-state index >= 15 is 0 Å². The quantitative estimate of drug-likeness (QED) is 0.628. The lowest BCUT2D eigenvalue weighted by molar-refractivity contribution is -0.132. The largest absolute Gasteiger partial charge is 0.491 e. The highest BCUT2D eigenvalue weighted by Crippen LogP contribution is 2.31.